The highest BCUT2D eigenvalue weighted by molar-refractivity contribution is 6.46. The summed E-state index contributed by atoms with van der Waals surface area (Å²) in [6.07, 6.45) is 6.61. The lowest BCUT2D eigenvalue weighted by Gasteiger charge is -2.26. The van der Waals surface area contributed by atoms with E-state index >= 15 is 0 Å². The molecule has 9 nitrogen and oxygen atoms in total. The highest BCUT2D eigenvalue weighted by Crippen LogP contribution is 2.43. The number of hydrogen-bond donors (Lipinski definition) is 1. The van der Waals surface area contributed by atoms with Gasteiger partial charge in [-0.2, -0.15) is 0 Å². The Balaban J connectivity index is 1.57. The van der Waals surface area contributed by atoms with E-state index in [9.17, 15) is 14.7 Å². The van der Waals surface area contributed by atoms with E-state index in [1.54, 1.807) is 36.8 Å². The number of imidazole rings is 1. The molecule has 1 aromatic heterocycles. The minimum atomic E-state index is -0.786. The third-order valence-corrected chi connectivity index (χ3v) is 6.97. The molecule has 0 spiro atoms. The van der Waals surface area contributed by atoms with E-state index in [1.807, 2.05) is 43.7 Å². The Bertz CT molecular complexity index is 1400. The number of ketones is 1. The van der Waals surface area contributed by atoms with E-state index in [4.69, 9.17) is 14.2 Å². The van der Waals surface area contributed by atoms with Crippen molar-refractivity contribution in [1.82, 2.24) is 14.5 Å². The van der Waals surface area contributed by atoms with Crippen LogP contribution in [-0.2, 0) is 22.6 Å². The summed E-state index contributed by atoms with van der Waals surface area (Å²) >= 11 is 0. The Morgan fingerprint density at radius 2 is 1.87 bits per heavy atom. The summed E-state index contributed by atoms with van der Waals surface area (Å²) in [7, 11) is 0. The number of likely N-dealkylation sites (tertiary alicyclic amines) is 1. The Kier molecular flexibility index (Phi) is 7.58. The van der Waals surface area contributed by atoms with Crippen LogP contribution < -0.4 is 14.2 Å². The van der Waals surface area contributed by atoms with Gasteiger partial charge in [0.2, 0.25) is 0 Å². The first-order valence-corrected chi connectivity index (χ1v) is 13.3. The van der Waals surface area contributed by atoms with Gasteiger partial charge in [0.1, 0.15) is 17.6 Å². The van der Waals surface area contributed by atoms with Crippen LogP contribution in [0, 0.1) is 0 Å². The molecule has 1 amide bonds. The van der Waals surface area contributed by atoms with E-state index in [-0.39, 0.29) is 17.4 Å². The summed E-state index contributed by atoms with van der Waals surface area (Å²) in [5, 5.41) is 11.5. The van der Waals surface area contributed by atoms with Crippen molar-refractivity contribution < 1.29 is 28.9 Å². The van der Waals surface area contributed by atoms with Crippen molar-refractivity contribution in [3.63, 3.8) is 0 Å². The van der Waals surface area contributed by atoms with Crippen LogP contribution in [0.3, 0.4) is 0 Å². The second kappa shape index (κ2) is 11.2. The number of aliphatic hydroxyl groups is 1. The molecule has 2 aliphatic rings. The van der Waals surface area contributed by atoms with Gasteiger partial charge < -0.3 is 28.8 Å². The van der Waals surface area contributed by atoms with Gasteiger partial charge in [-0.3, -0.25) is 9.59 Å². The number of fused-ring (bicyclic) bond motifs is 1. The van der Waals surface area contributed by atoms with Gasteiger partial charge in [-0.1, -0.05) is 6.07 Å². The third kappa shape index (κ3) is 5.21. The maximum atomic E-state index is 13.5. The largest absolute Gasteiger partial charge is 0.507 e. The van der Waals surface area contributed by atoms with Crippen LogP contribution >= 0.6 is 0 Å². The number of amides is 1. The maximum Gasteiger partial charge on any atom is 0.295 e. The molecular formula is C30H33N3O6. The average molecular weight is 532 g/mol. The van der Waals surface area contributed by atoms with Gasteiger partial charge in [0.25, 0.3) is 11.7 Å². The van der Waals surface area contributed by atoms with Crippen LogP contribution in [0.5, 0.6) is 17.2 Å². The third-order valence-electron chi connectivity index (χ3n) is 6.97. The smallest absolute Gasteiger partial charge is 0.295 e. The standard InChI is InChI=1S/C30H33N3O6/c1-4-37-24-10-7-20(17-25(24)38-5-2)27-26(28(34)21-8-9-23-22(16-21)15-19(3)39-23)29(35)30(36)33(27)13-6-12-32-14-11-31-18-32/h7-11,14,16-19,27,34H,4-6,12-13,15H2,1-3H3/t19-,27-/m1/s1. The summed E-state index contributed by atoms with van der Waals surface area (Å²) in [5.41, 5.74) is 2.14. The minimum Gasteiger partial charge on any atom is -0.507 e. The van der Waals surface area contributed by atoms with Gasteiger partial charge in [-0.25, -0.2) is 4.98 Å². The second-order valence-corrected chi connectivity index (χ2v) is 9.67. The number of ether oxygens (including phenoxy) is 3. The quantitative estimate of drug-likeness (QED) is 0.233. The average Bonchev–Trinajstić information content (AvgIpc) is 3.63. The van der Waals surface area contributed by atoms with Gasteiger partial charge in [0.15, 0.2) is 11.5 Å². The molecule has 0 bridgehead atoms. The molecule has 0 radical (unpaired) electrons. The first-order chi connectivity index (χ1) is 18.9. The Labute approximate surface area is 227 Å². The maximum absolute atomic E-state index is 13.5. The van der Waals surface area contributed by atoms with Gasteiger partial charge in [-0.05, 0) is 68.7 Å². The SMILES string of the molecule is CCOc1ccc([C@@H]2C(=C(O)c3ccc4c(c3)C[C@@H](C)O4)C(=O)C(=O)N2CCCn2ccnc2)cc1OCC. The van der Waals surface area contributed by atoms with Gasteiger partial charge in [0, 0.05) is 37.5 Å². The lowest BCUT2D eigenvalue weighted by atomic mass is 9.94. The molecule has 39 heavy (non-hydrogen) atoms. The van der Waals surface area contributed by atoms with Crippen molar-refractivity contribution >= 4 is 17.4 Å². The molecule has 0 saturated carbocycles. The number of benzene rings is 2. The van der Waals surface area contributed by atoms with E-state index in [0.717, 1.165) is 11.3 Å². The predicted octanol–water partition coefficient (Wildman–Crippen LogP) is 4.52. The number of aliphatic hydroxyl groups excluding tert-OH is 1. The highest BCUT2D eigenvalue weighted by Gasteiger charge is 2.46. The summed E-state index contributed by atoms with van der Waals surface area (Å²) in [5.74, 6) is 0.305. The molecule has 0 unspecified atom stereocenters. The molecule has 3 aromatic rings. The molecular weight excluding hydrogens is 498 g/mol. The lowest BCUT2D eigenvalue weighted by Crippen LogP contribution is -2.31. The number of Topliss-reactive ketones (excluding diaryl/α,β-unsaturated/α-hetero) is 1. The van der Waals surface area contributed by atoms with E-state index < -0.39 is 17.7 Å². The van der Waals surface area contributed by atoms with Crippen molar-refractivity contribution in [1.29, 1.82) is 0 Å². The molecule has 9 heteroatoms. The summed E-state index contributed by atoms with van der Waals surface area (Å²) in [4.78, 5) is 32.4. The number of hydrogen-bond acceptors (Lipinski definition) is 7. The molecule has 3 heterocycles. The molecule has 5 rings (SSSR count). The van der Waals surface area contributed by atoms with Gasteiger partial charge in [-0.15, -0.1) is 0 Å². The fourth-order valence-corrected chi connectivity index (χ4v) is 5.26. The van der Waals surface area contributed by atoms with Gasteiger partial charge in [0.05, 0.1) is 31.2 Å². The van der Waals surface area contributed by atoms with Crippen molar-refractivity contribution in [3.8, 4) is 17.2 Å². The molecule has 2 aliphatic heterocycles. The Morgan fingerprint density at radius 3 is 2.62 bits per heavy atom. The van der Waals surface area contributed by atoms with E-state index in [0.29, 0.717) is 61.8 Å². The van der Waals surface area contributed by atoms with Gasteiger partial charge >= 0.3 is 0 Å². The van der Waals surface area contributed by atoms with Crippen LogP contribution in [0.4, 0.5) is 0 Å². The zero-order valence-electron chi connectivity index (χ0n) is 22.4. The summed E-state index contributed by atoms with van der Waals surface area (Å²) in [6.45, 7) is 7.58. The molecule has 1 N–H and O–H groups in total. The summed E-state index contributed by atoms with van der Waals surface area (Å²) in [6, 6.07) is 9.96. The fourth-order valence-electron chi connectivity index (χ4n) is 5.26. The number of carbonyl (C=O) groups is 2. The van der Waals surface area contributed by atoms with Crippen LogP contribution in [0.25, 0.3) is 5.76 Å². The number of rotatable bonds is 10. The normalized spacial score (nSPS) is 19.7. The zero-order chi connectivity index (χ0) is 27.5. The Hall–Kier alpha value is -4.27. The fraction of sp³-hybridized carbons (Fsp3) is 0.367. The topological polar surface area (TPSA) is 103 Å². The first-order valence-electron chi connectivity index (χ1n) is 13.3. The minimum absolute atomic E-state index is 0.0410. The molecule has 204 valence electrons. The zero-order valence-corrected chi connectivity index (χ0v) is 22.4. The molecule has 2 aromatic carbocycles. The van der Waals surface area contributed by atoms with E-state index in [2.05, 4.69) is 4.98 Å². The van der Waals surface area contributed by atoms with Crippen LogP contribution in [-0.4, -0.2) is 57.1 Å². The number of carbonyl (C=O) groups excluding carboxylic acids is 2. The molecule has 2 atom stereocenters. The Morgan fingerprint density at radius 1 is 1.08 bits per heavy atom. The van der Waals surface area contributed by atoms with Crippen LogP contribution in [0.15, 0.2) is 60.7 Å². The number of aryl methyl sites for hydroxylation is 1. The molecule has 1 saturated heterocycles. The first kappa shape index (κ1) is 26.3. The predicted molar refractivity (Wildman–Crippen MR) is 145 cm³/mol. The van der Waals surface area contributed by atoms with Crippen molar-refractivity contribution in [3.05, 3.63) is 77.4 Å². The molecule has 1 fully saturated rings. The summed E-state index contributed by atoms with van der Waals surface area (Å²) < 4.78 is 19.3. The lowest BCUT2D eigenvalue weighted by molar-refractivity contribution is -0.139. The molecule has 0 aliphatic carbocycles. The second-order valence-electron chi connectivity index (χ2n) is 9.67. The highest BCUT2D eigenvalue weighted by atomic mass is 16.5. The van der Waals surface area contributed by atoms with Crippen molar-refractivity contribution in [2.75, 3.05) is 19.8 Å². The van der Waals surface area contributed by atoms with Crippen molar-refractivity contribution in [2.45, 2.75) is 52.3 Å². The monoisotopic (exact) mass is 531 g/mol. The van der Waals surface area contributed by atoms with Crippen LogP contribution in [0.1, 0.15) is 49.9 Å². The number of nitrogens with zero attached hydrogens (tertiary/aromatic N) is 3. The van der Waals surface area contributed by atoms with Crippen molar-refractivity contribution in [2.24, 2.45) is 0 Å². The number of aromatic nitrogens is 2. The van der Waals surface area contributed by atoms with E-state index in [1.165, 1.54) is 4.90 Å². The van der Waals surface area contributed by atoms with Crippen LogP contribution in [0.2, 0.25) is 0 Å².